The molecule has 0 aromatic heterocycles. The number of carbonyl (C=O) groups is 1. The van der Waals surface area contributed by atoms with Crippen LogP contribution in [0.1, 0.15) is 38.5 Å². The van der Waals surface area contributed by atoms with Gasteiger partial charge in [0, 0.05) is 26.6 Å². The van der Waals surface area contributed by atoms with Gasteiger partial charge in [-0.2, -0.15) is 0 Å². The van der Waals surface area contributed by atoms with Crippen LogP contribution in [0.3, 0.4) is 0 Å². The Balaban J connectivity index is 1.80. The fourth-order valence-corrected chi connectivity index (χ4v) is 4.17. The number of fused-ring (bicyclic) bond motifs is 1. The molecular weight excluding hydrogens is 308 g/mol. The molecule has 0 amide bonds. The first-order chi connectivity index (χ1) is 10.6. The maximum absolute atomic E-state index is 11.1. The summed E-state index contributed by atoms with van der Waals surface area (Å²) in [4.78, 5) is 11.1. The van der Waals surface area contributed by atoms with Crippen LogP contribution in [0, 0.1) is 11.8 Å². The van der Waals surface area contributed by atoms with Crippen molar-refractivity contribution < 1.29 is 23.7 Å². The summed E-state index contributed by atoms with van der Waals surface area (Å²) in [6.45, 7) is 0. The van der Waals surface area contributed by atoms with Gasteiger partial charge in [0.15, 0.2) is 6.29 Å². The van der Waals surface area contributed by atoms with E-state index in [1.165, 1.54) is 7.11 Å². The lowest BCUT2D eigenvalue weighted by atomic mass is 9.90. The average molecular weight is 335 g/mol. The summed E-state index contributed by atoms with van der Waals surface area (Å²) in [5.41, 5.74) is 0. The lowest BCUT2D eigenvalue weighted by molar-refractivity contribution is -0.145. The SMILES string of the molecule is COC(=O)CCCC(Cl)C1CC2C(CCC2C(OC)OC)O1. The maximum atomic E-state index is 11.1. The molecule has 5 nitrogen and oxygen atoms in total. The quantitative estimate of drug-likeness (QED) is 0.388. The average Bonchev–Trinajstić information content (AvgIpc) is 3.10. The molecule has 0 bridgehead atoms. The van der Waals surface area contributed by atoms with Crippen molar-refractivity contribution in [3.05, 3.63) is 0 Å². The third-order valence-corrected chi connectivity index (χ3v) is 5.47. The molecule has 2 rings (SSSR count). The lowest BCUT2D eigenvalue weighted by Gasteiger charge is -2.25. The Hall–Kier alpha value is -0.360. The van der Waals surface area contributed by atoms with Crippen LogP contribution >= 0.6 is 11.6 Å². The largest absolute Gasteiger partial charge is 0.469 e. The van der Waals surface area contributed by atoms with E-state index in [1.807, 2.05) is 0 Å². The number of hydrogen-bond acceptors (Lipinski definition) is 5. The maximum Gasteiger partial charge on any atom is 0.305 e. The van der Waals surface area contributed by atoms with E-state index in [0.29, 0.717) is 18.3 Å². The molecule has 0 N–H and O–H groups in total. The summed E-state index contributed by atoms with van der Waals surface area (Å²) in [7, 11) is 4.78. The zero-order valence-corrected chi connectivity index (χ0v) is 14.4. The number of esters is 1. The monoisotopic (exact) mass is 334 g/mol. The van der Waals surface area contributed by atoms with Gasteiger partial charge in [-0.1, -0.05) is 0 Å². The highest BCUT2D eigenvalue weighted by Gasteiger charge is 2.48. The number of hydrogen-bond donors (Lipinski definition) is 0. The number of alkyl halides is 1. The minimum absolute atomic E-state index is 0.0561. The Morgan fingerprint density at radius 1 is 1.27 bits per heavy atom. The van der Waals surface area contributed by atoms with E-state index < -0.39 is 0 Å². The highest BCUT2D eigenvalue weighted by atomic mass is 35.5. The summed E-state index contributed by atoms with van der Waals surface area (Å²) in [6, 6.07) is 0. The Morgan fingerprint density at radius 2 is 2.00 bits per heavy atom. The van der Waals surface area contributed by atoms with Crippen LogP contribution in [0.4, 0.5) is 0 Å². The molecule has 1 aliphatic heterocycles. The normalized spacial score (nSPS) is 32.2. The second-order valence-electron chi connectivity index (χ2n) is 6.18. The molecule has 22 heavy (non-hydrogen) atoms. The van der Waals surface area contributed by atoms with Crippen molar-refractivity contribution in [3.63, 3.8) is 0 Å². The van der Waals surface area contributed by atoms with Gasteiger partial charge in [0.1, 0.15) is 0 Å². The van der Waals surface area contributed by atoms with E-state index in [1.54, 1.807) is 14.2 Å². The number of carbonyl (C=O) groups excluding carboxylic acids is 1. The van der Waals surface area contributed by atoms with Gasteiger partial charge in [-0.05, 0) is 38.0 Å². The molecule has 0 aromatic rings. The van der Waals surface area contributed by atoms with Gasteiger partial charge in [-0.25, -0.2) is 0 Å². The lowest BCUT2D eigenvalue weighted by Crippen LogP contribution is -2.29. The summed E-state index contributed by atoms with van der Waals surface area (Å²) < 4.78 is 21.6. The van der Waals surface area contributed by atoms with Gasteiger partial charge in [0.2, 0.25) is 0 Å². The fraction of sp³-hybridized carbons (Fsp3) is 0.938. The second-order valence-corrected chi connectivity index (χ2v) is 6.74. The van der Waals surface area contributed by atoms with Crippen molar-refractivity contribution in [2.24, 2.45) is 11.8 Å². The van der Waals surface area contributed by atoms with Gasteiger partial charge in [0.25, 0.3) is 0 Å². The molecular formula is C16H27ClO5. The van der Waals surface area contributed by atoms with Crippen molar-refractivity contribution in [2.45, 2.75) is 62.4 Å². The Morgan fingerprint density at radius 3 is 2.64 bits per heavy atom. The van der Waals surface area contributed by atoms with Gasteiger partial charge in [-0.3, -0.25) is 4.79 Å². The molecule has 2 aliphatic rings. The van der Waals surface area contributed by atoms with Crippen molar-refractivity contribution in [3.8, 4) is 0 Å². The molecule has 6 heteroatoms. The Labute approximate surface area is 137 Å². The van der Waals surface area contributed by atoms with Crippen molar-refractivity contribution in [1.29, 1.82) is 0 Å². The molecule has 1 saturated carbocycles. The van der Waals surface area contributed by atoms with Crippen LogP contribution in [-0.4, -0.2) is 51.2 Å². The van der Waals surface area contributed by atoms with E-state index in [-0.39, 0.29) is 29.8 Å². The molecule has 128 valence electrons. The first-order valence-electron chi connectivity index (χ1n) is 8.02. The van der Waals surface area contributed by atoms with E-state index >= 15 is 0 Å². The number of halogens is 1. The van der Waals surface area contributed by atoms with Gasteiger partial charge in [-0.15, -0.1) is 11.6 Å². The Bertz CT molecular complexity index is 360. The zero-order chi connectivity index (χ0) is 16.1. The molecule has 1 saturated heterocycles. The summed E-state index contributed by atoms with van der Waals surface area (Å²) in [5, 5.41) is -0.0561. The highest BCUT2D eigenvalue weighted by Crippen LogP contribution is 2.46. The van der Waals surface area contributed by atoms with Crippen molar-refractivity contribution in [2.75, 3.05) is 21.3 Å². The van der Waals surface area contributed by atoms with E-state index in [2.05, 4.69) is 4.74 Å². The van der Waals surface area contributed by atoms with E-state index in [4.69, 9.17) is 25.8 Å². The third kappa shape index (κ3) is 4.13. The van der Waals surface area contributed by atoms with Crippen LogP contribution < -0.4 is 0 Å². The summed E-state index contributed by atoms with van der Waals surface area (Å²) in [5.74, 6) is 0.650. The smallest absolute Gasteiger partial charge is 0.305 e. The van der Waals surface area contributed by atoms with Crippen LogP contribution in [0.5, 0.6) is 0 Å². The predicted molar refractivity (Wildman–Crippen MR) is 82.8 cm³/mol. The van der Waals surface area contributed by atoms with Gasteiger partial charge >= 0.3 is 5.97 Å². The van der Waals surface area contributed by atoms with E-state index in [9.17, 15) is 4.79 Å². The van der Waals surface area contributed by atoms with Crippen LogP contribution in [0.25, 0.3) is 0 Å². The first kappa shape index (κ1) is 18.0. The number of ether oxygens (including phenoxy) is 4. The molecule has 0 radical (unpaired) electrons. The van der Waals surface area contributed by atoms with Crippen LogP contribution in [-0.2, 0) is 23.7 Å². The van der Waals surface area contributed by atoms with E-state index in [0.717, 1.165) is 32.1 Å². The summed E-state index contributed by atoms with van der Waals surface area (Å²) >= 11 is 6.48. The molecule has 0 aromatic carbocycles. The summed E-state index contributed by atoms with van der Waals surface area (Å²) in [6.07, 6.45) is 5.15. The molecule has 1 aliphatic carbocycles. The van der Waals surface area contributed by atoms with Crippen molar-refractivity contribution >= 4 is 17.6 Å². The van der Waals surface area contributed by atoms with Crippen LogP contribution in [0.15, 0.2) is 0 Å². The van der Waals surface area contributed by atoms with Crippen molar-refractivity contribution in [1.82, 2.24) is 0 Å². The topological polar surface area (TPSA) is 54.0 Å². The predicted octanol–water partition coefficient (Wildman–Crippen LogP) is 2.74. The first-order valence-corrected chi connectivity index (χ1v) is 8.46. The standard InChI is InChI=1S/C16H27ClO5/c1-19-15(18)6-4-5-12(17)14-9-11-10(16(20-2)21-3)7-8-13(11)22-14/h10-14,16H,4-9H2,1-3H3. The number of rotatable bonds is 8. The zero-order valence-electron chi connectivity index (χ0n) is 13.6. The minimum atomic E-state index is -0.184. The van der Waals surface area contributed by atoms with Crippen LogP contribution in [0.2, 0.25) is 0 Å². The van der Waals surface area contributed by atoms with Gasteiger partial charge < -0.3 is 18.9 Å². The van der Waals surface area contributed by atoms with Gasteiger partial charge in [0.05, 0.1) is 24.7 Å². The molecule has 5 unspecified atom stereocenters. The highest BCUT2D eigenvalue weighted by molar-refractivity contribution is 6.21. The Kier molecular flexibility index (Phi) is 6.93. The fourth-order valence-electron chi connectivity index (χ4n) is 3.85. The molecule has 2 fully saturated rings. The number of methoxy groups -OCH3 is 3. The minimum Gasteiger partial charge on any atom is -0.469 e. The molecule has 0 spiro atoms. The molecule has 5 atom stereocenters. The molecule has 1 heterocycles. The third-order valence-electron chi connectivity index (χ3n) is 4.97. The second kappa shape index (κ2) is 8.48.